The van der Waals surface area contributed by atoms with Crippen molar-refractivity contribution in [2.24, 2.45) is 11.8 Å². The molecule has 0 aliphatic rings. The maximum absolute atomic E-state index is 13.1. The average Bonchev–Trinajstić information content (AvgIpc) is 0.998. The highest BCUT2D eigenvalue weighted by Gasteiger charge is 2.30. The summed E-state index contributed by atoms with van der Waals surface area (Å²) in [6.07, 6.45) is 60.0. The average molecular weight is 1440 g/mol. The molecule has 0 aromatic rings. The van der Waals surface area contributed by atoms with E-state index in [1.165, 1.54) is 225 Å². The van der Waals surface area contributed by atoms with Crippen LogP contribution in [-0.2, 0) is 65.4 Å². The first kappa shape index (κ1) is 96.1. The Kier molecular flexibility index (Phi) is 69.3. The predicted molar refractivity (Wildman–Crippen MR) is 400 cm³/mol. The van der Waals surface area contributed by atoms with E-state index >= 15 is 0 Å². The molecule has 0 aromatic heterocycles. The third-order valence-electron chi connectivity index (χ3n) is 18.5. The number of carbonyl (C=O) groups is 4. The van der Waals surface area contributed by atoms with Crippen LogP contribution in [0.15, 0.2) is 0 Å². The van der Waals surface area contributed by atoms with Crippen LogP contribution in [0.2, 0.25) is 0 Å². The van der Waals surface area contributed by atoms with Gasteiger partial charge in [-0.25, -0.2) is 9.13 Å². The molecule has 0 radical (unpaired) electrons. The van der Waals surface area contributed by atoms with Gasteiger partial charge in [0.1, 0.15) is 19.3 Å². The predicted octanol–water partition coefficient (Wildman–Crippen LogP) is 23.5. The molecule has 0 aliphatic heterocycles. The second kappa shape index (κ2) is 70.7. The Bertz CT molecular complexity index is 1890. The second-order valence-corrected chi connectivity index (χ2v) is 32.3. The first-order chi connectivity index (χ1) is 47.4. The Labute approximate surface area is 600 Å². The van der Waals surface area contributed by atoms with Crippen molar-refractivity contribution in [1.29, 1.82) is 0 Å². The van der Waals surface area contributed by atoms with Crippen molar-refractivity contribution >= 4 is 39.5 Å². The number of hydrogen-bond donors (Lipinski definition) is 3. The van der Waals surface area contributed by atoms with Gasteiger partial charge < -0.3 is 33.8 Å². The Hall–Kier alpha value is -1.94. The first-order valence-electron chi connectivity index (χ1n) is 41.0. The summed E-state index contributed by atoms with van der Waals surface area (Å²) in [5.74, 6) is -0.602. The van der Waals surface area contributed by atoms with Crippen molar-refractivity contribution in [3.8, 4) is 0 Å². The van der Waals surface area contributed by atoms with Gasteiger partial charge in [0.2, 0.25) is 0 Å². The van der Waals surface area contributed by atoms with E-state index < -0.39 is 97.5 Å². The maximum Gasteiger partial charge on any atom is 0.472 e. The highest BCUT2D eigenvalue weighted by Crippen LogP contribution is 2.45. The summed E-state index contributed by atoms with van der Waals surface area (Å²) < 4.78 is 68.5. The third kappa shape index (κ3) is 72.4. The zero-order chi connectivity index (χ0) is 72.1. The number of ether oxygens (including phenoxy) is 4. The Morgan fingerprint density at radius 3 is 0.694 bits per heavy atom. The first-order valence-corrected chi connectivity index (χ1v) is 44.0. The standard InChI is InChI=1S/C79H154O17P2/c1-7-9-11-13-15-17-18-19-20-21-22-26-29-32-35-38-44-50-56-62-77(82)90-68-74(95-78(83)63-57-51-45-39-36-33-30-27-24-23-25-28-31-34-37-41-47-53-59-71(3)4)69-93-97(85,86)91-65-73(80)66-92-98(87,88)94-70-75(67-89-76(81)61-55-49-43-16-14-12-10-8-2)96-79(84)64-58-52-46-40-42-48-54-60-72(5)6/h71-75,80H,7-70H2,1-6H3,(H,85,86)(H,87,88)/t73-,74-,75-/m1/s1. The van der Waals surface area contributed by atoms with Crippen molar-refractivity contribution in [3.63, 3.8) is 0 Å². The van der Waals surface area contributed by atoms with Crippen LogP contribution in [0.5, 0.6) is 0 Å². The van der Waals surface area contributed by atoms with Crippen LogP contribution in [0.1, 0.15) is 414 Å². The van der Waals surface area contributed by atoms with Gasteiger partial charge in [0.05, 0.1) is 26.4 Å². The molecule has 582 valence electrons. The highest BCUT2D eigenvalue weighted by molar-refractivity contribution is 7.47. The molecule has 0 saturated carbocycles. The minimum absolute atomic E-state index is 0.104. The summed E-state index contributed by atoms with van der Waals surface area (Å²) in [5, 5.41) is 10.6. The van der Waals surface area contributed by atoms with Gasteiger partial charge in [-0.15, -0.1) is 0 Å². The molecule has 98 heavy (non-hydrogen) atoms. The molecule has 0 aromatic carbocycles. The van der Waals surface area contributed by atoms with E-state index in [9.17, 15) is 43.2 Å². The Morgan fingerprint density at radius 2 is 0.469 bits per heavy atom. The number of esters is 4. The lowest BCUT2D eigenvalue weighted by molar-refractivity contribution is -0.161. The molecule has 0 rings (SSSR count). The molecule has 0 bridgehead atoms. The molecular weight excluding hydrogens is 1280 g/mol. The topological polar surface area (TPSA) is 237 Å². The lowest BCUT2D eigenvalue weighted by atomic mass is 10.0. The molecule has 0 spiro atoms. The summed E-state index contributed by atoms with van der Waals surface area (Å²) in [7, 11) is -9.91. The fourth-order valence-electron chi connectivity index (χ4n) is 12.2. The van der Waals surface area contributed by atoms with E-state index in [4.69, 9.17) is 37.0 Å². The van der Waals surface area contributed by atoms with E-state index in [2.05, 4.69) is 41.5 Å². The lowest BCUT2D eigenvalue weighted by Crippen LogP contribution is -2.30. The van der Waals surface area contributed by atoms with Crippen LogP contribution < -0.4 is 0 Å². The normalized spacial score (nSPS) is 13.9. The molecule has 0 fully saturated rings. The van der Waals surface area contributed by atoms with Gasteiger partial charge in [-0.1, -0.05) is 363 Å². The van der Waals surface area contributed by atoms with Crippen LogP contribution in [0, 0.1) is 11.8 Å². The fraction of sp³-hybridized carbons (Fsp3) is 0.949. The van der Waals surface area contributed by atoms with Gasteiger partial charge in [0.15, 0.2) is 12.2 Å². The number of phosphoric ester groups is 2. The third-order valence-corrected chi connectivity index (χ3v) is 20.4. The van der Waals surface area contributed by atoms with Gasteiger partial charge in [-0.05, 0) is 37.5 Å². The SMILES string of the molecule is CCCCCCCCCCCCCCCCCCCCCC(=O)OC[C@H](COP(=O)(O)OC[C@@H](O)COP(=O)(O)OC[C@@H](COC(=O)CCCCCCCCCC)OC(=O)CCCCCCCCCC(C)C)OC(=O)CCCCCCCCCCCCCCCCCCCCC(C)C. The molecule has 17 nitrogen and oxygen atoms in total. The highest BCUT2D eigenvalue weighted by atomic mass is 31.2. The van der Waals surface area contributed by atoms with E-state index in [1.54, 1.807) is 0 Å². The molecule has 19 heteroatoms. The number of aliphatic hydroxyl groups excluding tert-OH is 1. The van der Waals surface area contributed by atoms with Gasteiger partial charge in [0.25, 0.3) is 0 Å². The second-order valence-electron chi connectivity index (χ2n) is 29.4. The van der Waals surface area contributed by atoms with Crippen LogP contribution in [-0.4, -0.2) is 96.7 Å². The van der Waals surface area contributed by atoms with Crippen LogP contribution in [0.4, 0.5) is 0 Å². The van der Waals surface area contributed by atoms with Gasteiger partial charge in [-0.3, -0.25) is 37.3 Å². The summed E-state index contributed by atoms with van der Waals surface area (Å²) in [6, 6.07) is 0. The van der Waals surface area contributed by atoms with Gasteiger partial charge in [-0.2, -0.15) is 0 Å². The quantitative estimate of drug-likeness (QED) is 0.0222. The van der Waals surface area contributed by atoms with Crippen molar-refractivity contribution in [3.05, 3.63) is 0 Å². The van der Waals surface area contributed by atoms with Gasteiger partial charge >= 0.3 is 39.5 Å². The number of carbonyl (C=O) groups excluding carboxylic acids is 4. The molecule has 2 unspecified atom stereocenters. The Balaban J connectivity index is 5.16. The largest absolute Gasteiger partial charge is 0.472 e. The van der Waals surface area contributed by atoms with E-state index in [-0.39, 0.29) is 25.7 Å². The molecule has 0 aliphatic carbocycles. The van der Waals surface area contributed by atoms with Crippen LogP contribution in [0.3, 0.4) is 0 Å². The van der Waals surface area contributed by atoms with Crippen molar-refractivity contribution in [2.75, 3.05) is 39.6 Å². The molecule has 0 amide bonds. The fourth-order valence-corrected chi connectivity index (χ4v) is 13.8. The van der Waals surface area contributed by atoms with E-state index in [1.807, 2.05) is 0 Å². The molecule has 3 N–H and O–H groups in total. The molecule has 0 saturated heterocycles. The van der Waals surface area contributed by atoms with Crippen molar-refractivity contribution in [2.45, 2.75) is 432 Å². The van der Waals surface area contributed by atoms with Crippen LogP contribution >= 0.6 is 15.6 Å². The smallest absolute Gasteiger partial charge is 0.462 e. The number of rotatable bonds is 78. The van der Waals surface area contributed by atoms with E-state index in [0.717, 1.165) is 102 Å². The summed E-state index contributed by atoms with van der Waals surface area (Å²) in [4.78, 5) is 72.8. The number of unbranched alkanes of at least 4 members (excludes halogenated alkanes) is 48. The monoisotopic (exact) mass is 1440 g/mol. The lowest BCUT2D eigenvalue weighted by Gasteiger charge is -2.21. The minimum atomic E-state index is -4.96. The maximum atomic E-state index is 13.1. The summed E-state index contributed by atoms with van der Waals surface area (Å²) >= 11 is 0. The number of aliphatic hydroxyl groups is 1. The van der Waals surface area contributed by atoms with Gasteiger partial charge in [0, 0.05) is 25.7 Å². The Morgan fingerprint density at radius 1 is 0.276 bits per heavy atom. The summed E-state index contributed by atoms with van der Waals surface area (Å²) in [5.41, 5.74) is 0. The van der Waals surface area contributed by atoms with E-state index in [0.29, 0.717) is 31.6 Å². The van der Waals surface area contributed by atoms with Crippen molar-refractivity contribution in [1.82, 2.24) is 0 Å². The molecule has 5 atom stereocenters. The zero-order valence-corrected chi connectivity index (χ0v) is 65.9. The summed E-state index contributed by atoms with van der Waals surface area (Å²) in [6.45, 7) is 9.56. The number of phosphoric acid groups is 2. The molecule has 0 heterocycles. The minimum Gasteiger partial charge on any atom is -0.462 e. The van der Waals surface area contributed by atoms with Crippen LogP contribution in [0.25, 0.3) is 0 Å². The number of hydrogen-bond acceptors (Lipinski definition) is 15. The molecular formula is C79H154O17P2. The van der Waals surface area contributed by atoms with Crippen molar-refractivity contribution < 1.29 is 80.2 Å². The zero-order valence-electron chi connectivity index (χ0n) is 64.1.